The van der Waals surface area contributed by atoms with E-state index in [1.807, 2.05) is 177 Å². The highest BCUT2D eigenvalue weighted by molar-refractivity contribution is 7.00. The molecule has 0 unspecified atom stereocenters. The van der Waals surface area contributed by atoms with Crippen LogP contribution < -0.4 is 26.2 Å². The molecule has 0 atom stereocenters. The Hall–Kier alpha value is -10.9. The van der Waals surface area contributed by atoms with Crippen LogP contribution in [0.5, 0.6) is 0 Å². The van der Waals surface area contributed by atoms with Gasteiger partial charge in [-0.05, 0) is 273 Å². The Bertz CT molecular complexity index is 7050. The molecular weight excluding hydrogens is 1510 g/mol. The normalized spacial score (nSPS) is 16.0. The first-order valence-electron chi connectivity index (χ1n) is 52.9. The number of hydrogen-bond acceptors (Lipinski definition) is 2. The number of anilines is 6. The van der Waals surface area contributed by atoms with Crippen molar-refractivity contribution in [3.8, 4) is 55.9 Å². The summed E-state index contributed by atoms with van der Waals surface area (Å²) in [6.45, 7) is 55.1. The summed E-state index contributed by atoms with van der Waals surface area (Å²) in [6.07, 6.45) is -6.25. The molecule has 125 heavy (non-hydrogen) atoms. The van der Waals surface area contributed by atoms with Crippen molar-refractivity contribution in [1.29, 1.82) is 0 Å². The number of rotatable bonds is 14. The van der Waals surface area contributed by atoms with Crippen LogP contribution in [0.3, 0.4) is 0 Å². The standard InChI is InChI=1S/C120H135BN4/c1-112(2,3)70-76-36-32-40-82(56-76)93-62-86(118(19,20)21)63-94(83-41-33-37-77(57-83)71-113(4,5)6)110(93)124-105-68-89(122-101-46-30-28-44-91(101)97-60-80(48-54-103(97)122)74-116(13,14)15)50-52-99(105)121-100-53-51-90(123-102-47-31-29-45-92(102)98-61-81(49-55-104(98)123)75-117(16,17)18)69-106(100)125(108-67-88(120(25,26)27)66-107(124)109(108)121)111-95(84-42-34-38-78(58-84)72-114(7,8)9)64-87(119(22,23)24)65-96(111)85-43-35-39-79(59-85)73-115(10,11)12/h28-69H,70-75H2,1-27H3/i28D,29D,30D,31D,44D,45D,46D,47D,70D2,71D2,72D2,73D2. The monoisotopic (exact) mass is 1660 g/mol. The van der Waals surface area contributed by atoms with Gasteiger partial charge >= 0.3 is 0 Å². The number of benzene rings is 13. The maximum Gasteiger partial charge on any atom is 0.252 e. The lowest BCUT2D eigenvalue weighted by Gasteiger charge is -2.47. The van der Waals surface area contributed by atoms with E-state index in [1.165, 1.54) is 0 Å². The summed E-state index contributed by atoms with van der Waals surface area (Å²) in [4.78, 5) is 4.78. The van der Waals surface area contributed by atoms with Crippen molar-refractivity contribution in [1.82, 2.24) is 9.13 Å². The summed E-state index contributed by atoms with van der Waals surface area (Å²) in [7, 11) is 0. The third-order valence-electron chi connectivity index (χ3n) is 24.0. The lowest BCUT2D eigenvalue weighted by atomic mass is 9.33. The molecule has 0 radical (unpaired) electrons. The zero-order valence-corrected chi connectivity index (χ0v) is 78.9. The van der Waals surface area contributed by atoms with Crippen molar-refractivity contribution in [3.05, 3.63) is 305 Å². The minimum Gasteiger partial charge on any atom is -0.310 e. The number of aromatic nitrogens is 2. The van der Waals surface area contributed by atoms with E-state index in [9.17, 15) is 21.9 Å². The zero-order chi connectivity index (χ0) is 103. The van der Waals surface area contributed by atoms with E-state index >= 15 is 0 Å². The lowest BCUT2D eigenvalue weighted by Crippen LogP contribution is -2.61. The molecule has 0 N–H and O–H groups in total. The van der Waals surface area contributed by atoms with E-state index in [0.717, 1.165) is 77.8 Å². The molecule has 4 heterocycles. The molecular formula is C120H135BN4. The highest BCUT2D eigenvalue weighted by Crippen LogP contribution is 2.57. The molecule has 0 aliphatic carbocycles. The van der Waals surface area contributed by atoms with E-state index in [0.29, 0.717) is 124 Å². The highest BCUT2D eigenvalue weighted by Gasteiger charge is 2.47. The maximum absolute atomic E-state index is 10.3. The molecule has 17 rings (SSSR count). The molecule has 2 aliphatic heterocycles. The summed E-state index contributed by atoms with van der Waals surface area (Å²) in [5.41, 5.74) is 15.9. The van der Waals surface area contributed by atoms with Crippen molar-refractivity contribution in [3.63, 3.8) is 0 Å². The maximum atomic E-state index is 10.3. The molecule has 0 fully saturated rings. The number of fused-ring (bicyclic) bond motifs is 10. The van der Waals surface area contributed by atoms with Crippen LogP contribution in [0.15, 0.2) is 255 Å². The van der Waals surface area contributed by atoms with Gasteiger partial charge in [-0.15, -0.1) is 0 Å². The molecule has 5 heteroatoms. The minimum absolute atomic E-state index is 0.165. The molecule has 15 aromatic rings. The number of para-hydroxylation sites is 2. The second-order valence-electron chi connectivity index (χ2n) is 45.2. The Morgan fingerprint density at radius 3 is 0.872 bits per heavy atom. The zero-order valence-electron chi connectivity index (χ0n) is 94.9. The number of hydrogen-bond donors (Lipinski definition) is 0. The van der Waals surface area contributed by atoms with E-state index in [-0.39, 0.29) is 58.1 Å². The van der Waals surface area contributed by atoms with Gasteiger partial charge in [-0.2, -0.15) is 0 Å². The molecule has 638 valence electrons. The average molecular weight is 1660 g/mol. The first-order chi connectivity index (χ1) is 65.0. The Balaban J connectivity index is 1.14. The molecule has 0 saturated heterocycles. The molecule has 2 aliphatic rings. The van der Waals surface area contributed by atoms with Gasteiger partial charge in [0.1, 0.15) is 0 Å². The van der Waals surface area contributed by atoms with Crippen molar-refractivity contribution < 1.29 is 21.9 Å². The summed E-state index contributed by atoms with van der Waals surface area (Å²) in [5.74, 6) is 0. The van der Waals surface area contributed by atoms with Gasteiger partial charge in [-0.25, -0.2) is 0 Å². The Labute approximate surface area is 772 Å². The summed E-state index contributed by atoms with van der Waals surface area (Å²) in [6, 6.07) is 68.2. The fourth-order valence-corrected chi connectivity index (χ4v) is 19.0. The highest BCUT2D eigenvalue weighted by atomic mass is 15.2. The van der Waals surface area contributed by atoms with Gasteiger partial charge in [0, 0.05) is 88.9 Å². The summed E-state index contributed by atoms with van der Waals surface area (Å²) < 4.78 is 164. The molecule has 0 spiro atoms. The van der Waals surface area contributed by atoms with Gasteiger partial charge in [0.2, 0.25) is 0 Å². The third kappa shape index (κ3) is 17.4. The van der Waals surface area contributed by atoms with Crippen LogP contribution >= 0.6 is 0 Å². The van der Waals surface area contributed by atoms with E-state index in [2.05, 4.69) is 235 Å². The third-order valence-corrected chi connectivity index (χ3v) is 24.0. The molecule has 0 saturated carbocycles. The van der Waals surface area contributed by atoms with E-state index < -0.39 is 82.2 Å². The first kappa shape index (κ1) is 68.4. The van der Waals surface area contributed by atoms with Gasteiger partial charge in [0.25, 0.3) is 6.71 Å². The van der Waals surface area contributed by atoms with Crippen LogP contribution in [-0.4, -0.2) is 15.8 Å². The van der Waals surface area contributed by atoms with Crippen LogP contribution in [0.1, 0.15) is 259 Å². The van der Waals surface area contributed by atoms with Crippen molar-refractivity contribution in [2.75, 3.05) is 9.80 Å². The molecule has 2 aromatic heterocycles. The van der Waals surface area contributed by atoms with Gasteiger partial charge in [0.15, 0.2) is 0 Å². The quantitative estimate of drug-likeness (QED) is 0.101. The van der Waals surface area contributed by atoms with Crippen LogP contribution in [0.2, 0.25) is 0 Å². The van der Waals surface area contributed by atoms with E-state index in [1.54, 1.807) is 0 Å². The van der Waals surface area contributed by atoms with Crippen molar-refractivity contribution >= 4 is 101 Å². The van der Waals surface area contributed by atoms with Crippen LogP contribution in [0.25, 0.3) is 99.5 Å². The largest absolute Gasteiger partial charge is 0.310 e. The second kappa shape index (κ2) is 31.0. The van der Waals surface area contributed by atoms with Crippen LogP contribution in [0, 0.1) is 32.5 Å². The minimum atomic E-state index is -1.90. The summed E-state index contributed by atoms with van der Waals surface area (Å²) in [5, 5.41) is 2.04. The predicted octanol–water partition coefficient (Wildman–Crippen LogP) is 32.1. The molecule has 0 amide bonds. The molecule has 4 nitrogen and oxygen atoms in total. The number of nitrogens with zero attached hydrogens (tertiary/aromatic N) is 4. The lowest BCUT2D eigenvalue weighted by molar-refractivity contribution is 0.411. The molecule has 0 bridgehead atoms. The Morgan fingerprint density at radius 2 is 0.576 bits per heavy atom. The van der Waals surface area contributed by atoms with Crippen LogP contribution in [0.4, 0.5) is 34.1 Å². The van der Waals surface area contributed by atoms with Gasteiger partial charge in [-0.1, -0.05) is 345 Å². The molecule has 13 aromatic carbocycles. The Kier molecular flexibility index (Phi) is 17.0. The smallest absolute Gasteiger partial charge is 0.252 e. The fourth-order valence-electron chi connectivity index (χ4n) is 19.0. The Morgan fingerprint density at radius 1 is 0.272 bits per heavy atom. The van der Waals surface area contributed by atoms with Crippen molar-refractivity contribution in [2.24, 2.45) is 32.5 Å². The van der Waals surface area contributed by atoms with Gasteiger partial charge in [-0.3, -0.25) is 0 Å². The topological polar surface area (TPSA) is 16.3 Å². The summed E-state index contributed by atoms with van der Waals surface area (Å²) >= 11 is 0. The fraction of sp³-hybridized carbons (Fsp3) is 0.350. The first-order valence-corrected chi connectivity index (χ1v) is 44.9. The van der Waals surface area contributed by atoms with Crippen LogP contribution in [-0.2, 0) is 54.6 Å². The van der Waals surface area contributed by atoms with E-state index in [4.69, 9.17) is 0 Å². The van der Waals surface area contributed by atoms with Crippen molar-refractivity contribution in [2.45, 2.75) is 242 Å². The van der Waals surface area contributed by atoms with Gasteiger partial charge in [0.05, 0.1) is 44.4 Å². The van der Waals surface area contributed by atoms with Gasteiger partial charge < -0.3 is 18.9 Å². The second-order valence-corrected chi connectivity index (χ2v) is 45.2. The average Bonchev–Trinajstić information content (AvgIpc) is 0.955. The predicted molar refractivity (Wildman–Crippen MR) is 546 cm³/mol. The SMILES string of the molecule is [2H]c1c([2H])c([2H])c2c(c1[2H])c1cc(CC(C)(C)C)ccc1n2-c1ccc2c(c1)N(c1c(-c3cccc(C([2H])([2H])C(C)(C)C)c3)cc(C(C)(C)C)cc1-c1cccc(C([2H])([2H])C(C)(C)C)c1)c1cc(C(C)(C)C)cc3c1B2c1ccc(-n2c4ccc(CC(C)(C)C)cc4c4c([2H])c([2H])c([2H])c([2H])c42)cc1N3c1c(-c2cccc(C([2H])([2H])C(C)(C)C)c2)cc(C(C)(C)C)cc1-c1cccc(C([2H])([2H])C(C)(C)C)c1.